The number of benzene rings is 2. The molecule has 8 nitrogen and oxygen atoms in total. The molecular weight excluding hydrogens is 457 g/mol. The minimum atomic E-state index is -3.67. The average molecular weight is 478 g/mol. The number of carbonyl (C=O) groups excluding carboxylic acids is 1. The summed E-state index contributed by atoms with van der Waals surface area (Å²) in [5.74, 6) is -0.325. The van der Waals surface area contributed by atoms with Crippen molar-refractivity contribution in [2.75, 3.05) is 31.6 Å². The van der Waals surface area contributed by atoms with E-state index >= 15 is 0 Å². The van der Waals surface area contributed by atoms with E-state index in [0.29, 0.717) is 42.7 Å². The Morgan fingerprint density at radius 2 is 1.94 bits per heavy atom. The summed E-state index contributed by atoms with van der Waals surface area (Å²) in [4.78, 5) is 16.9. The first kappa shape index (κ1) is 22.3. The Morgan fingerprint density at radius 3 is 2.69 bits per heavy atom. The largest absolute Gasteiger partial charge is 0.486 e. The first-order valence-electron chi connectivity index (χ1n) is 9.74. The number of sulfonamides is 1. The van der Waals surface area contributed by atoms with Crippen molar-refractivity contribution in [3.05, 3.63) is 70.4 Å². The van der Waals surface area contributed by atoms with Gasteiger partial charge in [-0.15, -0.1) is 11.3 Å². The second-order valence-corrected chi connectivity index (χ2v) is 9.75. The summed E-state index contributed by atoms with van der Waals surface area (Å²) in [6, 6.07) is 11.7. The van der Waals surface area contributed by atoms with Crippen molar-refractivity contribution < 1.29 is 27.1 Å². The zero-order valence-corrected chi connectivity index (χ0v) is 18.5. The van der Waals surface area contributed by atoms with E-state index in [1.165, 1.54) is 52.0 Å². The Morgan fingerprint density at radius 1 is 1.19 bits per heavy atom. The molecule has 0 bridgehead atoms. The van der Waals surface area contributed by atoms with Gasteiger partial charge in [0, 0.05) is 24.2 Å². The third-order valence-electron chi connectivity index (χ3n) is 4.66. The van der Waals surface area contributed by atoms with Gasteiger partial charge in [0.05, 0.1) is 18.1 Å². The van der Waals surface area contributed by atoms with Crippen LogP contribution in [0.15, 0.2) is 58.8 Å². The molecule has 1 aliphatic rings. The molecule has 0 unspecified atom stereocenters. The van der Waals surface area contributed by atoms with Crippen LogP contribution in [-0.4, -0.2) is 49.9 Å². The highest BCUT2D eigenvalue weighted by molar-refractivity contribution is 7.89. The molecule has 1 saturated heterocycles. The Balaban J connectivity index is 1.40. The number of anilines is 1. The number of nitrogens with zero attached hydrogens (tertiary/aromatic N) is 2. The predicted molar refractivity (Wildman–Crippen MR) is 117 cm³/mol. The molecule has 168 valence electrons. The maximum Gasteiger partial charge on any atom is 0.275 e. The molecule has 1 aliphatic heterocycles. The summed E-state index contributed by atoms with van der Waals surface area (Å²) in [5.41, 5.74) is 0.538. The van der Waals surface area contributed by atoms with E-state index in [2.05, 4.69) is 10.3 Å². The lowest BCUT2D eigenvalue weighted by atomic mass is 10.3. The van der Waals surface area contributed by atoms with Crippen LogP contribution >= 0.6 is 11.3 Å². The molecule has 1 fully saturated rings. The van der Waals surface area contributed by atoms with Crippen LogP contribution in [0, 0.1) is 5.82 Å². The van der Waals surface area contributed by atoms with E-state index < -0.39 is 15.9 Å². The number of amides is 1. The van der Waals surface area contributed by atoms with E-state index in [-0.39, 0.29) is 23.0 Å². The van der Waals surface area contributed by atoms with Crippen LogP contribution in [0.25, 0.3) is 0 Å². The van der Waals surface area contributed by atoms with Crippen LogP contribution in [0.5, 0.6) is 5.75 Å². The van der Waals surface area contributed by atoms with Gasteiger partial charge in [0.15, 0.2) is 0 Å². The Bertz CT molecular complexity index is 1190. The molecule has 1 N–H and O–H groups in total. The molecule has 3 aromatic rings. The van der Waals surface area contributed by atoms with Gasteiger partial charge in [-0.05, 0) is 42.5 Å². The van der Waals surface area contributed by atoms with Gasteiger partial charge in [0.1, 0.15) is 28.9 Å². The van der Waals surface area contributed by atoms with E-state index in [1.807, 2.05) is 0 Å². The number of morpholine rings is 1. The quantitative estimate of drug-likeness (QED) is 0.562. The molecule has 32 heavy (non-hydrogen) atoms. The first-order chi connectivity index (χ1) is 15.4. The standard InChI is InChI=1S/C21H20FN3O5S2/c22-15-4-6-17(7-5-15)30-13-20-24-19(14-31-20)21(26)23-16-2-1-3-18(12-16)32(27,28)25-8-10-29-11-9-25/h1-7,12,14H,8-11,13H2,(H,23,26). The summed E-state index contributed by atoms with van der Waals surface area (Å²) < 4.78 is 50.7. The highest BCUT2D eigenvalue weighted by atomic mass is 32.2. The van der Waals surface area contributed by atoms with Gasteiger partial charge in [-0.25, -0.2) is 17.8 Å². The monoisotopic (exact) mass is 477 g/mol. The zero-order valence-electron chi connectivity index (χ0n) is 16.9. The Kier molecular flexibility index (Phi) is 6.80. The summed E-state index contributed by atoms with van der Waals surface area (Å²) in [5, 5.41) is 4.84. The summed E-state index contributed by atoms with van der Waals surface area (Å²) in [6.45, 7) is 1.43. The zero-order chi connectivity index (χ0) is 22.6. The second-order valence-electron chi connectivity index (χ2n) is 6.87. The van der Waals surface area contributed by atoms with Crippen molar-refractivity contribution in [3.8, 4) is 5.75 Å². The molecule has 1 aromatic heterocycles. The van der Waals surface area contributed by atoms with Crippen LogP contribution in [0.2, 0.25) is 0 Å². The number of nitrogens with one attached hydrogen (secondary N) is 1. The SMILES string of the molecule is O=C(Nc1cccc(S(=O)(=O)N2CCOCC2)c1)c1csc(COc2ccc(F)cc2)n1. The number of rotatable bonds is 7. The first-order valence-corrected chi connectivity index (χ1v) is 12.1. The van der Waals surface area contributed by atoms with Crippen molar-refractivity contribution >= 4 is 33.0 Å². The minimum absolute atomic E-state index is 0.101. The number of hydrogen-bond donors (Lipinski definition) is 1. The topological polar surface area (TPSA) is 97.8 Å². The number of halogens is 1. The number of carbonyl (C=O) groups is 1. The van der Waals surface area contributed by atoms with Gasteiger partial charge in [0.2, 0.25) is 10.0 Å². The van der Waals surface area contributed by atoms with Gasteiger partial charge in [-0.2, -0.15) is 4.31 Å². The molecule has 2 aromatic carbocycles. The highest BCUT2D eigenvalue weighted by Crippen LogP contribution is 2.22. The van der Waals surface area contributed by atoms with E-state index in [1.54, 1.807) is 17.5 Å². The molecule has 0 atom stereocenters. The fraction of sp³-hybridized carbons (Fsp3) is 0.238. The molecule has 1 amide bonds. The van der Waals surface area contributed by atoms with Gasteiger partial charge >= 0.3 is 0 Å². The van der Waals surface area contributed by atoms with Crippen molar-refractivity contribution in [2.45, 2.75) is 11.5 Å². The molecule has 11 heteroatoms. The van der Waals surface area contributed by atoms with E-state index in [9.17, 15) is 17.6 Å². The summed E-state index contributed by atoms with van der Waals surface area (Å²) in [7, 11) is -3.67. The van der Waals surface area contributed by atoms with Crippen LogP contribution in [-0.2, 0) is 21.4 Å². The minimum Gasteiger partial charge on any atom is -0.486 e. The molecule has 0 aliphatic carbocycles. The molecule has 0 radical (unpaired) electrons. The van der Waals surface area contributed by atoms with E-state index in [0.717, 1.165) is 0 Å². The molecular formula is C21H20FN3O5S2. The third kappa shape index (κ3) is 5.30. The third-order valence-corrected chi connectivity index (χ3v) is 7.38. The normalized spacial score (nSPS) is 14.8. The predicted octanol–water partition coefficient (Wildman–Crippen LogP) is 3.13. The van der Waals surface area contributed by atoms with Crippen LogP contribution in [0.3, 0.4) is 0 Å². The van der Waals surface area contributed by atoms with Crippen molar-refractivity contribution in [2.24, 2.45) is 0 Å². The molecule has 0 spiro atoms. The number of thiazole rings is 1. The fourth-order valence-corrected chi connectivity index (χ4v) is 5.16. The van der Waals surface area contributed by atoms with E-state index in [4.69, 9.17) is 9.47 Å². The van der Waals surface area contributed by atoms with Gasteiger partial charge in [0.25, 0.3) is 5.91 Å². The summed E-state index contributed by atoms with van der Waals surface area (Å²) in [6.07, 6.45) is 0. The fourth-order valence-electron chi connectivity index (χ4n) is 3.02. The Labute approximate surface area is 188 Å². The van der Waals surface area contributed by atoms with Gasteiger partial charge < -0.3 is 14.8 Å². The lowest BCUT2D eigenvalue weighted by molar-refractivity contribution is 0.0730. The Hall–Kier alpha value is -2.86. The van der Waals surface area contributed by atoms with Crippen LogP contribution in [0.1, 0.15) is 15.5 Å². The molecule has 4 rings (SSSR count). The highest BCUT2D eigenvalue weighted by Gasteiger charge is 2.26. The number of ether oxygens (including phenoxy) is 2. The van der Waals surface area contributed by atoms with Crippen molar-refractivity contribution in [3.63, 3.8) is 0 Å². The second kappa shape index (κ2) is 9.74. The van der Waals surface area contributed by atoms with Crippen molar-refractivity contribution in [1.82, 2.24) is 9.29 Å². The van der Waals surface area contributed by atoms with Gasteiger partial charge in [-0.1, -0.05) is 6.07 Å². The maximum atomic E-state index is 13.0. The molecule has 2 heterocycles. The van der Waals surface area contributed by atoms with Crippen LogP contribution in [0.4, 0.5) is 10.1 Å². The number of aromatic nitrogens is 1. The van der Waals surface area contributed by atoms with Crippen molar-refractivity contribution in [1.29, 1.82) is 0 Å². The number of hydrogen-bond acceptors (Lipinski definition) is 7. The lowest BCUT2D eigenvalue weighted by Gasteiger charge is -2.26. The maximum absolute atomic E-state index is 13.0. The average Bonchev–Trinajstić information content (AvgIpc) is 3.29. The lowest BCUT2D eigenvalue weighted by Crippen LogP contribution is -2.40. The van der Waals surface area contributed by atoms with Crippen LogP contribution < -0.4 is 10.1 Å². The smallest absolute Gasteiger partial charge is 0.275 e. The van der Waals surface area contributed by atoms with Gasteiger partial charge in [-0.3, -0.25) is 4.79 Å². The summed E-state index contributed by atoms with van der Waals surface area (Å²) >= 11 is 1.25. The molecule has 0 saturated carbocycles.